The number of rotatable bonds is 11. The third-order valence-electron chi connectivity index (χ3n) is 4.28. The van der Waals surface area contributed by atoms with Crippen molar-refractivity contribution in [3.63, 3.8) is 0 Å². The van der Waals surface area contributed by atoms with Gasteiger partial charge in [0.2, 0.25) is 0 Å². The van der Waals surface area contributed by atoms with Crippen molar-refractivity contribution in [1.29, 1.82) is 0 Å². The fourth-order valence-electron chi connectivity index (χ4n) is 2.88. The molecule has 0 unspecified atom stereocenters. The molecule has 0 saturated heterocycles. The minimum Gasteiger partial charge on any atom is -0.354 e. The molecule has 2 aromatic rings. The Hall–Kier alpha value is -2.16. The molecule has 0 fully saturated rings. The predicted octanol–water partition coefficient (Wildman–Crippen LogP) is 7.12. The first-order valence-electron chi connectivity index (χ1n) is 9.12. The Bertz CT molecular complexity index is 610. The van der Waals surface area contributed by atoms with E-state index in [1.54, 1.807) is 0 Å². The molecule has 0 bridgehead atoms. The van der Waals surface area contributed by atoms with Gasteiger partial charge in [0, 0.05) is 5.69 Å². The summed E-state index contributed by atoms with van der Waals surface area (Å²) in [6, 6.07) is 15.8. The van der Waals surface area contributed by atoms with E-state index >= 15 is 0 Å². The Labute approximate surface area is 145 Å². The number of hydrogen-bond donors (Lipinski definition) is 1. The first kappa shape index (κ1) is 18.2. The van der Waals surface area contributed by atoms with Gasteiger partial charge in [0.15, 0.2) is 0 Å². The second-order valence-corrected chi connectivity index (χ2v) is 6.31. The van der Waals surface area contributed by atoms with Crippen molar-refractivity contribution < 1.29 is 0 Å². The SMILES string of the molecule is CCCCCCCCCc1ccc(Nc2ccccc2)c(N=O)c1. The number of unbranched alkanes of at least 4 members (excludes halogenated alkanes) is 6. The van der Waals surface area contributed by atoms with Crippen molar-refractivity contribution >= 4 is 17.1 Å². The molecule has 0 atom stereocenters. The largest absolute Gasteiger partial charge is 0.354 e. The molecule has 0 saturated carbocycles. The van der Waals surface area contributed by atoms with E-state index in [-0.39, 0.29) is 0 Å². The molecule has 128 valence electrons. The van der Waals surface area contributed by atoms with E-state index < -0.39 is 0 Å². The van der Waals surface area contributed by atoms with E-state index in [2.05, 4.69) is 23.5 Å². The van der Waals surface area contributed by atoms with Crippen LogP contribution in [0.4, 0.5) is 17.1 Å². The van der Waals surface area contributed by atoms with Crippen LogP contribution in [0.3, 0.4) is 0 Å². The Morgan fingerprint density at radius 1 is 0.875 bits per heavy atom. The molecule has 0 spiro atoms. The van der Waals surface area contributed by atoms with Crippen molar-refractivity contribution in [2.24, 2.45) is 5.18 Å². The van der Waals surface area contributed by atoms with Crippen LogP contribution in [0.1, 0.15) is 57.4 Å². The fourth-order valence-corrected chi connectivity index (χ4v) is 2.88. The number of para-hydroxylation sites is 1. The topological polar surface area (TPSA) is 41.5 Å². The zero-order valence-corrected chi connectivity index (χ0v) is 14.6. The Morgan fingerprint density at radius 2 is 1.58 bits per heavy atom. The van der Waals surface area contributed by atoms with Crippen LogP contribution in [0.15, 0.2) is 53.7 Å². The minimum absolute atomic E-state index is 0.485. The number of benzene rings is 2. The molecular formula is C21H28N2O. The highest BCUT2D eigenvalue weighted by molar-refractivity contribution is 5.72. The number of nitroso groups, excluding NO2 is 1. The van der Waals surface area contributed by atoms with E-state index in [9.17, 15) is 4.91 Å². The van der Waals surface area contributed by atoms with Crippen LogP contribution in [-0.2, 0) is 6.42 Å². The van der Waals surface area contributed by atoms with Gasteiger partial charge in [-0.1, -0.05) is 69.7 Å². The molecule has 0 aliphatic carbocycles. The van der Waals surface area contributed by atoms with Crippen LogP contribution in [0.5, 0.6) is 0 Å². The molecular weight excluding hydrogens is 296 g/mol. The molecule has 3 nitrogen and oxygen atoms in total. The van der Waals surface area contributed by atoms with E-state index in [1.165, 1.54) is 50.5 Å². The molecule has 1 N–H and O–H groups in total. The van der Waals surface area contributed by atoms with Gasteiger partial charge in [0.25, 0.3) is 0 Å². The number of aryl methyl sites for hydroxylation is 1. The molecule has 0 amide bonds. The second-order valence-electron chi connectivity index (χ2n) is 6.31. The Kier molecular flexibility index (Phi) is 8.02. The van der Waals surface area contributed by atoms with E-state index in [1.807, 2.05) is 42.5 Å². The van der Waals surface area contributed by atoms with Gasteiger partial charge >= 0.3 is 0 Å². The number of nitrogens with zero attached hydrogens (tertiary/aromatic N) is 1. The lowest BCUT2D eigenvalue weighted by atomic mass is 10.0. The fraction of sp³-hybridized carbons (Fsp3) is 0.429. The first-order chi connectivity index (χ1) is 11.8. The third-order valence-corrected chi connectivity index (χ3v) is 4.28. The summed E-state index contributed by atoms with van der Waals surface area (Å²) in [5.74, 6) is 0. The van der Waals surface area contributed by atoms with E-state index in [0.29, 0.717) is 5.69 Å². The lowest BCUT2D eigenvalue weighted by molar-refractivity contribution is 0.589. The van der Waals surface area contributed by atoms with Gasteiger partial charge in [-0.25, -0.2) is 0 Å². The molecule has 24 heavy (non-hydrogen) atoms. The Balaban J connectivity index is 1.83. The predicted molar refractivity (Wildman–Crippen MR) is 103 cm³/mol. The van der Waals surface area contributed by atoms with Gasteiger partial charge in [-0.2, -0.15) is 0 Å². The van der Waals surface area contributed by atoms with Crippen LogP contribution in [0.2, 0.25) is 0 Å². The van der Waals surface area contributed by atoms with Crippen LogP contribution in [0.25, 0.3) is 0 Å². The van der Waals surface area contributed by atoms with Gasteiger partial charge in [0.05, 0.1) is 5.69 Å². The highest BCUT2D eigenvalue weighted by Gasteiger charge is 2.05. The smallest absolute Gasteiger partial charge is 0.131 e. The number of nitrogens with one attached hydrogen (secondary N) is 1. The maximum Gasteiger partial charge on any atom is 0.131 e. The van der Waals surface area contributed by atoms with Gasteiger partial charge < -0.3 is 5.32 Å². The quantitative estimate of drug-likeness (QED) is 0.353. The van der Waals surface area contributed by atoms with Crippen LogP contribution in [0, 0.1) is 4.91 Å². The molecule has 2 aromatic carbocycles. The summed E-state index contributed by atoms with van der Waals surface area (Å²) in [6.45, 7) is 2.25. The van der Waals surface area contributed by atoms with Gasteiger partial charge in [0.1, 0.15) is 5.69 Å². The highest BCUT2D eigenvalue weighted by atomic mass is 16.3. The monoisotopic (exact) mass is 324 g/mol. The van der Waals surface area contributed by atoms with Crippen LogP contribution >= 0.6 is 0 Å². The minimum atomic E-state index is 0.485. The van der Waals surface area contributed by atoms with E-state index in [4.69, 9.17) is 0 Å². The summed E-state index contributed by atoms with van der Waals surface area (Å²) in [5, 5.41) is 6.45. The molecule has 0 aliphatic rings. The molecule has 0 radical (unpaired) electrons. The summed E-state index contributed by atoms with van der Waals surface area (Å²) in [4.78, 5) is 11.2. The average Bonchev–Trinajstić information content (AvgIpc) is 2.63. The van der Waals surface area contributed by atoms with Crippen molar-refractivity contribution in [3.8, 4) is 0 Å². The summed E-state index contributed by atoms with van der Waals surface area (Å²) in [7, 11) is 0. The zero-order chi connectivity index (χ0) is 17.0. The maximum atomic E-state index is 11.2. The summed E-state index contributed by atoms with van der Waals surface area (Å²) in [5.41, 5.74) is 3.40. The molecule has 3 heteroatoms. The summed E-state index contributed by atoms with van der Waals surface area (Å²) in [6.07, 6.45) is 10.1. The van der Waals surface area contributed by atoms with Crippen LogP contribution < -0.4 is 5.32 Å². The van der Waals surface area contributed by atoms with Crippen LogP contribution in [-0.4, -0.2) is 0 Å². The lowest BCUT2D eigenvalue weighted by Crippen LogP contribution is -1.92. The summed E-state index contributed by atoms with van der Waals surface area (Å²) < 4.78 is 0. The average molecular weight is 324 g/mol. The lowest BCUT2D eigenvalue weighted by Gasteiger charge is -2.10. The van der Waals surface area contributed by atoms with Crippen molar-refractivity contribution in [2.45, 2.75) is 58.3 Å². The maximum absolute atomic E-state index is 11.2. The van der Waals surface area contributed by atoms with Crippen molar-refractivity contribution in [2.75, 3.05) is 5.32 Å². The highest BCUT2D eigenvalue weighted by Crippen LogP contribution is 2.29. The zero-order valence-electron chi connectivity index (χ0n) is 14.6. The molecule has 0 heterocycles. The number of anilines is 2. The standard InChI is InChI=1S/C21H28N2O/c1-2-3-4-5-6-7-9-12-18-15-16-20(21(17-18)23-24)22-19-13-10-8-11-14-19/h8,10-11,13-17,22H,2-7,9,12H2,1H3. The van der Waals surface area contributed by atoms with Gasteiger partial charge in [-0.15, -0.1) is 4.91 Å². The third kappa shape index (κ3) is 6.15. The van der Waals surface area contributed by atoms with Crippen molar-refractivity contribution in [1.82, 2.24) is 0 Å². The molecule has 0 aromatic heterocycles. The van der Waals surface area contributed by atoms with Crippen molar-refractivity contribution in [3.05, 3.63) is 59.0 Å². The normalized spacial score (nSPS) is 10.5. The van der Waals surface area contributed by atoms with E-state index in [0.717, 1.165) is 17.8 Å². The van der Waals surface area contributed by atoms with Gasteiger partial charge in [-0.05, 0) is 47.8 Å². The first-order valence-corrected chi connectivity index (χ1v) is 9.12. The second kappa shape index (κ2) is 10.6. The summed E-state index contributed by atoms with van der Waals surface area (Å²) >= 11 is 0. The number of hydrogen-bond acceptors (Lipinski definition) is 3. The molecule has 2 rings (SSSR count). The van der Waals surface area contributed by atoms with Gasteiger partial charge in [-0.3, -0.25) is 0 Å². The Morgan fingerprint density at radius 3 is 2.29 bits per heavy atom. The molecule has 0 aliphatic heterocycles.